The van der Waals surface area contributed by atoms with Crippen LogP contribution in [0.4, 0.5) is 5.69 Å². The van der Waals surface area contributed by atoms with Gasteiger partial charge in [0, 0.05) is 21.8 Å². The van der Waals surface area contributed by atoms with E-state index in [1.807, 2.05) is 54.6 Å². The van der Waals surface area contributed by atoms with Crippen molar-refractivity contribution < 1.29 is 4.79 Å². The van der Waals surface area contributed by atoms with Gasteiger partial charge >= 0.3 is 0 Å². The highest BCUT2D eigenvalue weighted by atomic mass is 35.5. The summed E-state index contributed by atoms with van der Waals surface area (Å²) in [6.45, 7) is 4.29. The lowest BCUT2D eigenvalue weighted by atomic mass is 10.0. The van der Waals surface area contributed by atoms with Crippen LogP contribution in [0.1, 0.15) is 35.7 Å². The number of H-pyrrole nitrogens is 1. The van der Waals surface area contributed by atoms with Crippen LogP contribution in [0.25, 0.3) is 22.4 Å². The number of amides is 1. The first kappa shape index (κ1) is 18.3. The third-order valence-electron chi connectivity index (χ3n) is 4.70. The molecule has 0 radical (unpaired) electrons. The minimum atomic E-state index is -0.139. The number of halogens is 1. The first-order valence-corrected chi connectivity index (χ1v) is 9.54. The molecule has 0 aliphatic carbocycles. The van der Waals surface area contributed by atoms with Crippen LogP contribution >= 0.6 is 11.6 Å². The van der Waals surface area contributed by atoms with Gasteiger partial charge in [-0.2, -0.15) is 0 Å². The summed E-state index contributed by atoms with van der Waals surface area (Å²) in [5.41, 5.74) is 5.27. The molecular weight excluding hydrogens is 370 g/mol. The van der Waals surface area contributed by atoms with Crippen molar-refractivity contribution in [2.75, 3.05) is 5.32 Å². The van der Waals surface area contributed by atoms with Crippen LogP contribution < -0.4 is 5.32 Å². The summed E-state index contributed by atoms with van der Waals surface area (Å²) in [7, 11) is 0. The number of aromatic amines is 1. The Balaban J connectivity index is 1.50. The number of fused-ring (bicyclic) bond motifs is 1. The number of rotatable bonds is 4. The van der Waals surface area contributed by atoms with Crippen LogP contribution in [-0.4, -0.2) is 15.9 Å². The maximum atomic E-state index is 12.5. The summed E-state index contributed by atoms with van der Waals surface area (Å²) in [4.78, 5) is 20.3. The number of benzene rings is 3. The maximum Gasteiger partial charge on any atom is 0.255 e. The molecule has 0 atom stereocenters. The average molecular weight is 390 g/mol. The first-order chi connectivity index (χ1) is 13.5. The molecule has 140 valence electrons. The summed E-state index contributed by atoms with van der Waals surface area (Å²) < 4.78 is 0. The smallest absolute Gasteiger partial charge is 0.255 e. The molecule has 3 aromatic carbocycles. The van der Waals surface area contributed by atoms with Crippen LogP contribution in [0, 0.1) is 0 Å². The van der Waals surface area contributed by atoms with Crippen LogP contribution in [-0.2, 0) is 0 Å². The van der Waals surface area contributed by atoms with Gasteiger partial charge in [0.05, 0.1) is 11.0 Å². The summed E-state index contributed by atoms with van der Waals surface area (Å²) in [5.74, 6) is 1.07. The number of carbonyl (C=O) groups excluding carboxylic acids is 1. The quantitative estimate of drug-likeness (QED) is 0.432. The normalized spacial score (nSPS) is 11.1. The predicted octanol–water partition coefficient (Wildman–Crippen LogP) is 6.26. The van der Waals surface area contributed by atoms with Gasteiger partial charge in [-0.15, -0.1) is 0 Å². The van der Waals surface area contributed by atoms with Gasteiger partial charge in [-0.3, -0.25) is 4.79 Å². The van der Waals surface area contributed by atoms with Gasteiger partial charge in [0.1, 0.15) is 5.82 Å². The Kier molecular flexibility index (Phi) is 4.88. The minimum Gasteiger partial charge on any atom is -0.338 e. The summed E-state index contributed by atoms with van der Waals surface area (Å²) in [6, 6.07) is 20.9. The number of nitrogens with zero attached hydrogens (tertiary/aromatic N) is 1. The van der Waals surface area contributed by atoms with E-state index in [1.54, 1.807) is 12.1 Å². The monoisotopic (exact) mass is 389 g/mol. The molecule has 0 spiro atoms. The first-order valence-electron chi connectivity index (χ1n) is 9.16. The van der Waals surface area contributed by atoms with E-state index in [1.165, 1.54) is 5.56 Å². The molecule has 2 N–H and O–H groups in total. The van der Waals surface area contributed by atoms with Gasteiger partial charge < -0.3 is 10.3 Å². The Bertz CT molecular complexity index is 1130. The summed E-state index contributed by atoms with van der Waals surface area (Å²) in [6.07, 6.45) is 0. The molecule has 0 unspecified atom stereocenters. The molecule has 0 fully saturated rings. The van der Waals surface area contributed by atoms with E-state index in [0.717, 1.165) is 28.1 Å². The molecule has 0 aliphatic heterocycles. The van der Waals surface area contributed by atoms with E-state index < -0.39 is 0 Å². The van der Waals surface area contributed by atoms with E-state index in [-0.39, 0.29) is 5.91 Å². The molecule has 4 nitrogen and oxygen atoms in total. The standard InChI is InChI=1S/C23H20ClN3O/c1-14(2)15-7-10-19(11-8-15)25-23(28)17-5-3-16(4-6-17)22-26-20-12-9-18(24)13-21(20)27-22/h3-14H,1-2H3,(H,25,28)(H,26,27). The third kappa shape index (κ3) is 3.78. The molecule has 1 heterocycles. The van der Waals surface area contributed by atoms with Gasteiger partial charge in [0.25, 0.3) is 5.91 Å². The zero-order valence-electron chi connectivity index (χ0n) is 15.7. The van der Waals surface area contributed by atoms with Gasteiger partial charge in [0.15, 0.2) is 0 Å². The number of hydrogen-bond acceptors (Lipinski definition) is 2. The largest absolute Gasteiger partial charge is 0.338 e. The molecular formula is C23H20ClN3O. The van der Waals surface area contributed by atoms with Crippen molar-refractivity contribution in [2.24, 2.45) is 0 Å². The molecule has 0 saturated carbocycles. The Labute approximate surface area is 168 Å². The summed E-state index contributed by atoms with van der Waals surface area (Å²) >= 11 is 6.03. The highest BCUT2D eigenvalue weighted by molar-refractivity contribution is 6.31. The van der Waals surface area contributed by atoms with Crippen LogP contribution in [0.3, 0.4) is 0 Å². The average Bonchev–Trinajstić information content (AvgIpc) is 3.11. The number of nitrogens with one attached hydrogen (secondary N) is 2. The van der Waals surface area contributed by atoms with Crippen molar-refractivity contribution in [1.82, 2.24) is 9.97 Å². The van der Waals surface area contributed by atoms with Crippen molar-refractivity contribution in [3.63, 3.8) is 0 Å². The number of anilines is 1. The van der Waals surface area contributed by atoms with Gasteiger partial charge in [-0.05, 0) is 53.9 Å². The second-order valence-corrected chi connectivity index (χ2v) is 7.49. The van der Waals surface area contributed by atoms with E-state index in [0.29, 0.717) is 16.5 Å². The van der Waals surface area contributed by atoms with Crippen molar-refractivity contribution in [3.05, 3.63) is 82.9 Å². The van der Waals surface area contributed by atoms with Gasteiger partial charge in [-0.1, -0.05) is 49.7 Å². The molecule has 0 aliphatic rings. The van der Waals surface area contributed by atoms with Crippen LogP contribution in [0.2, 0.25) is 5.02 Å². The molecule has 1 amide bonds. The lowest BCUT2D eigenvalue weighted by Crippen LogP contribution is -2.11. The molecule has 4 rings (SSSR count). The highest BCUT2D eigenvalue weighted by Crippen LogP contribution is 2.23. The molecule has 4 aromatic rings. The molecule has 28 heavy (non-hydrogen) atoms. The second kappa shape index (κ2) is 7.49. The van der Waals surface area contributed by atoms with E-state index in [2.05, 4.69) is 29.1 Å². The zero-order valence-corrected chi connectivity index (χ0v) is 16.4. The van der Waals surface area contributed by atoms with Crippen molar-refractivity contribution in [1.29, 1.82) is 0 Å². The molecule has 5 heteroatoms. The number of imidazole rings is 1. The predicted molar refractivity (Wildman–Crippen MR) is 115 cm³/mol. The minimum absolute atomic E-state index is 0.139. The topological polar surface area (TPSA) is 57.8 Å². The second-order valence-electron chi connectivity index (χ2n) is 7.06. The third-order valence-corrected chi connectivity index (χ3v) is 4.93. The lowest BCUT2D eigenvalue weighted by molar-refractivity contribution is 0.102. The van der Waals surface area contributed by atoms with Gasteiger partial charge in [0.2, 0.25) is 0 Å². The van der Waals surface area contributed by atoms with Crippen LogP contribution in [0.5, 0.6) is 0 Å². The van der Waals surface area contributed by atoms with Crippen molar-refractivity contribution in [2.45, 2.75) is 19.8 Å². The Morgan fingerprint density at radius 2 is 1.71 bits per heavy atom. The SMILES string of the molecule is CC(C)c1ccc(NC(=O)c2ccc(-c3nc4ccc(Cl)cc4[nH]3)cc2)cc1. The molecule has 0 bridgehead atoms. The Morgan fingerprint density at radius 3 is 2.39 bits per heavy atom. The fraction of sp³-hybridized carbons (Fsp3) is 0.130. The van der Waals surface area contributed by atoms with E-state index >= 15 is 0 Å². The van der Waals surface area contributed by atoms with Gasteiger partial charge in [-0.25, -0.2) is 4.98 Å². The Morgan fingerprint density at radius 1 is 1.00 bits per heavy atom. The zero-order chi connectivity index (χ0) is 19.7. The van der Waals surface area contributed by atoms with Crippen molar-refractivity contribution >= 4 is 34.2 Å². The fourth-order valence-electron chi connectivity index (χ4n) is 3.05. The van der Waals surface area contributed by atoms with Crippen LogP contribution in [0.15, 0.2) is 66.7 Å². The van der Waals surface area contributed by atoms with Crippen molar-refractivity contribution in [3.8, 4) is 11.4 Å². The molecule has 0 saturated heterocycles. The van der Waals surface area contributed by atoms with E-state index in [9.17, 15) is 4.79 Å². The highest BCUT2D eigenvalue weighted by Gasteiger charge is 2.09. The van der Waals surface area contributed by atoms with E-state index in [4.69, 9.17) is 11.6 Å². The fourth-order valence-corrected chi connectivity index (χ4v) is 3.22. The Hall–Kier alpha value is -3.11. The summed E-state index contributed by atoms with van der Waals surface area (Å²) in [5, 5.41) is 3.60. The lowest BCUT2D eigenvalue weighted by Gasteiger charge is -2.09. The number of aromatic nitrogens is 2. The maximum absolute atomic E-state index is 12.5. The number of carbonyl (C=O) groups is 1. The number of hydrogen-bond donors (Lipinski definition) is 2. The molecule has 1 aromatic heterocycles.